The monoisotopic (exact) mass is 346 g/mol. The number of benzene rings is 1. The lowest BCUT2D eigenvalue weighted by Gasteiger charge is -2.33. The molecule has 1 aliphatic rings. The van der Waals surface area contributed by atoms with Gasteiger partial charge in [0.25, 0.3) is 5.91 Å². The highest BCUT2D eigenvalue weighted by Crippen LogP contribution is 2.30. The highest BCUT2D eigenvalue weighted by molar-refractivity contribution is 7.12. The molecule has 3 rings (SSSR count). The number of carbonyl (C=O) groups excluding carboxylic acids is 2. The molecule has 1 saturated heterocycles. The molecule has 1 N–H and O–H groups in total. The Morgan fingerprint density at radius 3 is 2.71 bits per heavy atom. The van der Waals surface area contributed by atoms with Crippen LogP contribution in [0, 0.1) is 5.82 Å². The Bertz CT molecular complexity index is 742. The SMILES string of the molecule is CC(=O)NC1CCCN(C(=O)c2sccc2-c2ccc(F)cc2)C1. The number of halogens is 1. The van der Waals surface area contributed by atoms with Gasteiger partial charge in [-0.1, -0.05) is 12.1 Å². The number of nitrogens with zero attached hydrogens (tertiary/aromatic N) is 1. The predicted octanol–water partition coefficient (Wildman–Crippen LogP) is 3.29. The van der Waals surface area contributed by atoms with Gasteiger partial charge in [0.2, 0.25) is 5.91 Å². The van der Waals surface area contributed by atoms with Crippen LogP contribution in [0.15, 0.2) is 35.7 Å². The van der Waals surface area contributed by atoms with Crippen LogP contribution in [-0.4, -0.2) is 35.8 Å². The van der Waals surface area contributed by atoms with Crippen molar-refractivity contribution in [1.29, 1.82) is 0 Å². The van der Waals surface area contributed by atoms with Crippen LogP contribution >= 0.6 is 11.3 Å². The van der Waals surface area contributed by atoms with Gasteiger partial charge in [-0.25, -0.2) is 4.39 Å². The van der Waals surface area contributed by atoms with Gasteiger partial charge < -0.3 is 10.2 Å². The zero-order valence-corrected chi connectivity index (χ0v) is 14.2. The fourth-order valence-corrected chi connectivity index (χ4v) is 3.93. The van der Waals surface area contributed by atoms with Crippen molar-refractivity contribution in [3.63, 3.8) is 0 Å². The maximum atomic E-state index is 13.1. The van der Waals surface area contributed by atoms with Crippen LogP contribution in [0.4, 0.5) is 4.39 Å². The number of amides is 2. The lowest BCUT2D eigenvalue weighted by molar-refractivity contribution is -0.120. The molecule has 1 atom stereocenters. The first-order chi connectivity index (χ1) is 11.5. The average molecular weight is 346 g/mol. The van der Waals surface area contributed by atoms with E-state index in [4.69, 9.17) is 0 Å². The Hall–Kier alpha value is -2.21. The number of piperidine rings is 1. The van der Waals surface area contributed by atoms with Gasteiger partial charge >= 0.3 is 0 Å². The van der Waals surface area contributed by atoms with Crippen molar-refractivity contribution in [2.75, 3.05) is 13.1 Å². The standard InChI is InChI=1S/C18H19FN2O2S/c1-12(22)20-15-3-2-9-21(11-15)18(23)17-16(8-10-24-17)13-4-6-14(19)7-5-13/h4-8,10,15H,2-3,9,11H2,1H3,(H,20,22). The second kappa shape index (κ2) is 7.13. The van der Waals surface area contributed by atoms with Gasteiger partial charge in [0.15, 0.2) is 0 Å². The fraction of sp³-hybridized carbons (Fsp3) is 0.333. The van der Waals surface area contributed by atoms with E-state index in [2.05, 4.69) is 5.32 Å². The lowest BCUT2D eigenvalue weighted by Crippen LogP contribution is -2.49. The van der Waals surface area contributed by atoms with Gasteiger partial charge in [-0.15, -0.1) is 11.3 Å². The molecule has 2 heterocycles. The van der Waals surface area contributed by atoms with Gasteiger partial charge in [-0.2, -0.15) is 0 Å². The third-order valence-electron chi connectivity index (χ3n) is 4.13. The Morgan fingerprint density at radius 1 is 1.25 bits per heavy atom. The zero-order chi connectivity index (χ0) is 17.1. The summed E-state index contributed by atoms with van der Waals surface area (Å²) in [4.78, 5) is 26.6. The molecule has 0 spiro atoms. The number of carbonyl (C=O) groups is 2. The normalized spacial score (nSPS) is 17.6. The summed E-state index contributed by atoms with van der Waals surface area (Å²) in [5, 5.41) is 4.77. The Kier molecular flexibility index (Phi) is 4.94. The number of rotatable bonds is 3. The van der Waals surface area contributed by atoms with Crippen LogP contribution in [0.3, 0.4) is 0 Å². The first-order valence-electron chi connectivity index (χ1n) is 7.94. The molecular formula is C18H19FN2O2S. The second-order valence-corrected chi connectivity index (χ2v) is 6.88. The zero-order valence-electron chi connectivity index (χ0n) is 13.4. The van der Waals surface area contributed by atoms with E-state index in [9.17, 15) is 14.0 Å². The number of hydrogen-bond donors (Lipinski definition) is 1. The molecule has 2 aromatic rings. The van der Waals surface area contributed by atoms with E-state index >= 15 is 0 Å². The number of nitrogens with one attached hydrogen (secondary N) is 1. The maximum absolute atomic E-state index is 13.1. The van der Waals surface area contributed by atoms with Gasteiger partial charge in [0.1, 0.15) is 5.82 Å². The summed E-state index contributed by atoms with van der Waals surface area (Å²) in [5.74, 6) is -0.396. The minimum atomic E-state index is -0.295. The molecule has 0 saturated carbocycles. The van der Waals surface area contributed by atoms with E-state index < -0.39 is 0 Å². The minimum absolute atomic E-state index is 0.00873. The molecule has 0 radical (unpaired) electrons. The highest BCUT2D eigenvalue weighted by Gasteiger charge is 2.27. The van der Waals surface area contributed by atoms with Crippen molar-refractivity contribution < 1.29 is 14.0 Å². The largest absolute Gasteiger partial charge is 0.352 e. The molecule has 2 amide bonds. The summed E-state index contributed by atoms with van der Waals surface area (Å²) in [7, 11) is 0. The number of likely N-dealkylation sites (tertiary alicyclic amines) is 1. The first kappa shape index (κ1) is 16.6. The van der Waals surface area contributed by atoms with Gasteiger partial charge in [-0.05, 0) is 42.0 Å². The van der Waals surface area contributed by atoms with E-state index in [1.165, 1.54) is 30.4 Å². The summed E-state index contributed by atoms with van der Waals surface area (Å²) in [6.07, 6.45) is 1.76. The molecule has 1 aromatic heterocycles. The van der Waals surface area contributed by atoms with Crippen LogP contribution in [0.2, 0.25) is 0 Å². The van der Waals surface area contributed by atoms with E-state index in [1.807, 2.05) is 11.4 Å². The molecule has 24 heavy (non-hydrogen) atoms. The van der Waals surface area contributed by atoms with Crippen LogP contribution in [0.1, 0.15) is 29.4 Å². The van der Waals surface area contributed by atoms with Gasteiger partial charge in [-0.3, -0.25) is 9.59 Å². The van der Waals surface area contributed by atoms with E-state index in [0.29, 0.717) is 18.0 Å². The van der Waals surface area contributed by atoms with Gasteiger partial charge in [0.05, 0.1) is 4.88 Å². The van der Waals surface area contributed by atoms with Crippen LogP contribution < -0.4 is 5.32 Å². The van der Waals surface area contributed by atoms with Crippen molar-refractivity contribution >= 4 is 23.2 Å². The Morgan fingerprint density at radius 2 is 2.00 bits per heavy atom. The minimum Gasteiger partial charge on any atom is -0.352 e. The van der Waals surface area contributed by atoms with Crippen LogP contribution in [-0.2, 0) is 4.79 Å². The second-order valence-electron chi connectivity index (χ2n) is 5.96. The Balaban J connectivity index is 1.79. The predicted molar refractivity (Wildman–Crippen MR) is 92.5 cm³/mol. The Labute approximate surface area is 144 Å². The van der Waals surface area contributed by atoms with Gasteiger partial charge in [0, 0.05) is 31.6 Å². The lowest BCUT2D eigenvalue weighted by atomic mass is 10.0. The van der Waals surface area contributed by atoms with Crippen molar-refractivity contribution in [2.45, 2.75) is 25.8 Å². The molecule has 1 unspecified atom stereocenters. The molecule has 1 aromatic carbocycles. The molecule has 6 heteroatoms. The summed E-state index contributed by atoms with van der Waals surface area (Å²) >= 11 is 1.39. The fourth-order valence-electron chi connectivity index (χ4n) is 3.04. The summed E-state index contributed by atoms with van der Waals surface area (Å²) in [6.45, 7) is 2.71. The number of thiophene rings is 1. The molecule has 4 nitrogen and oxygen atoms in total. The van der Waals surface area contributed by atoms with Crippen molar-refractivity contribution in [1.82, 2.24) is 10.2 Å². The molecule has 1 aliphatic heterocycles. The quantitative estimate of drug-likeness (QED) is 0.927. The smallest absolute Gasteiger partial charge is 0.264 e. The summed E-state index contributed by atoms with van der Waals surface area (Å²) in [6, 6.07) is 8.06. The molecule has 0 bridgehead atoms. The molecule has 126 valence electrons. The highest BCUT2D eigenvalue weighted by atomic mass is 32.1. The third kappa shape index (κ3) is 3.64. The van der Waals surface area contributed by atoms with E-state index in [0.717, 1.165) is 24.0 Å². The third-order valence-corrected chi connectivity index (χ3v) is 5.03. The summed E-state index contributed by atoms with van der Waals surface area (Å²) < 4.78 is 13.1. The molecular weight excluding hydrogens is 327 g/mol. The van der Waals surface area contributed by atoms with Crippen molar-refractivity contribution in [3.05, 3.63) is 46.4 Å². The maximum Gasteiger partial charge on any atom is 0.264 e. The van der Waals surface area contributed by atoms with Crippen molar-refractivity contribution in [3.8, 4) is 11.1 Å². The van der Waals surface area contributed by atoms with Crippen LogP contribution in [0.25, 0.3) is 11.1 Å². The van der Waals surface area contributed by atoms with E-state index in [-0.39, 0.29) is 23.7 Å². The number of hydrogen-bond acceptors (Lipinski definition) is 3. The molecule has 0 aliphatic carbocycles. The topological polar surface area (TPSA) is 49.4 Å². The molecule has 1 fully saturated rings. The average Bonchev–Trinajstić information content (AvgIpc) is 3.04. The van der Waals surface area contributed by atoms with E-state index in [1.54, 1.807) is 17.0 Å². The summed E-state index contributed by atoms with van der Waals surface area (Å²) in [5.41, 5.74) is 1.66. The van der Waals surface area contributed by atoms with Crippen molar-refractivity contribution in [2.24, 2.45) is 0 Å². The first-order valence-corrected chi connectivity index (χ1v) is 8.82. The van der Waals surface area contributed by atoms with Crippen LogP contribution in [0.5, 0.6) is 0 Å².